The zero-order chi connectivity index (χ0) is 20.5. The van der Waals surface area contributed by atoms with Crippen molar-refractivity contribution in [2.75, 3.05) is 13.1 Å². The molecule has 0 aliphatic carbocycles. The molecule has 1 aliphatic rings. The third kappa shape index (κ3) is 3.51. The highest BCUT2D eigenvalue weighted by molar-refractivity contribution is 7.71. The summed E-state index contributed by atoms with van der Waals surface area (Å²) in [5.41, 5.74) is 3.73. The van der Waals surface area contributed by atoms with Gasteiger partial charge in [0.05, 0.1) is 18.1 Å². The Kier molecular flexibility index (Phi) is 5.33. The van der Waals surface area contributed by atoms with Crippen LogP contribution in [0.25, 0.3) is 5.69 Å². The van der Waals surface area contributed by atoms with Crippen molar-refractivity contribution in [2.45, 2.75) is 40.0 Å². The third-order valence-electron chi connectivity index (χ3n) is 5.39. The van der Waals surface area contributed by atoms with Crippen LogP contribution < -0.4 is 5.32 Å². The molecule has 1 saturated heterocycles. The molecule has 1 atom stereocenters. The summed E-state index contributed by atoms with van der Waals surface area (Å²) in [6.45, 7) is 8.54. The van der Waals surface area contributed by atoms with Crippen LogP contribution in [0.3, 0.4) is 0 Å². The molecule has 3 aromatic rings. The molecule has 152 valence electrons. The number of hydrogen-bond donors (Lipinski definition) is 1. The molecule has 4 rings (SSSR count). The fourth-order valence-electron chi connectivity index (χ4n) is 3.91. The number of hydrogen-bond acceptors (Lipinski definition) is 5. The van der Waals surface area contributed by atoms with Crippen molar-refractivity contribution in [2.24, 2.45) is 0 Å². The fourth-order valence-corrected chi connectivity index (χ4v) is 4.19. The lowest BCUT2D eigenvalue weighted by molar-refractivity contribution is -0.130. The van der Waals surface area contributed by atoms with E-state index in [0.29, 0.717) is 24.5 Å². The van der Waals surface area contributed by atoms with Crippen LogP contribution in [0.4, 0.5) is 0 Å². The lowest BCUT2D eigenvalue weighted by Gasteiger charge is -2.35. The predicted molar refractivity (Wildman–Crippen MR) is 112 cm³/mol. The minimum atomic E-state index is -0.435. The Bertz CT molecular complexity index is 1080. The minimum Gasteiger partial charge on any atom is -0.353 e. The molecular formula is C20H25N7OS. The highest BCUT2D eigenvalue weighted by Gasteiger charge is 2.35. The van der Waals surface area contributed by atoms with Gasteiger partial charge >= 0.3 is 0 Å². The second-order valence-electron chi connectivity index (χ2n) is 7.18. The van der Waals surface area contributed by atoms with Crippen LogP contribution >= 0.6 is 12.2 Å². The van der Waals surface area contributed by atoms with E-state index in [1.807, 2.05) is 60.4 Å². The first-order valence-corrected chi connectivity index (χ1v) is 10.2. The molecule has 0 saturated carbocycles. The van der Waals surface area contributed by atoms with Crippen LogP contribution in [0.2, 0.25) is 0 Å². The van der Waals surface area contributed by atoms with Crippen LogP contribution in [-0.4, -0.2) is 48.0 Å². The van der Waals surface area contributed by atoms with E-state index in [-0.39, 0.29) is 5.91 Å². The zero-order valence-electron chi connectivity index (χ0n) is 16.9. The van der Waals surface area contributed by atoms with Crippen LogP contribution in [0.15, 0.2) is 36.7 Å². The van der Waals surface area contributed by atoms with Gasteiger partial charge in [-0.15, -0.1) is 0 Å². The molecule has 1 aromatic carbocycles. The first-order valence-electron chi connectivity index (χ1n) is 9.76. The summed E-state index contributed by atoms with van der Waals surface area (Å²) < 4.78 is 6.25. The number of para-hydroxylation sites is 1. The van der Waals surface area contributed by atoms with E-state index in [9.17, 15) is 4.79 Å². The number of benzene rings is 1. The molecule has 0 spiro atoms. The second-order valence-corrected chi connectivity index (χ2v) is 7.54. The number of aromatic nitrogens is 5. The number of aryl methyl sites for hydroxylation is 2. The molecule has 9 heteroatoms. The number of rotatable bonds is 5. The summed E-state index contributed by atoms with van der Waals surface area (Å²) >= 11 is 5.52. The van der Waals surface area contributed by atoms with Gasteiger partial charge in [-0.3, -0.25) is 9.69 Å². The van der Waals surface area contributed by atoms with Crippen LogP contribution in [0.5, 0.6) is 0 Å². The molecule has 3 heterocycles. The Morgan fingerprint density at radius 1 is 1.24 bits per heavy atom. The number of piperazine rings is 1. The van der Waals surface area contributed by atoms with Gasteiger partial charge in [-0.25, -0.2) is 9.36 Å². The monoisotopic (exact) mass is 411 g/mol. The van der Waals surface area contributed by atoms with Gasteiger partial charge in [0.1, 0.15) is 12.4 Å². The summed E-state index contributed by atoms with van der Waals surface area (Å²) in [6.07, 6.45) is 1.74. The van der Waals surface area contributed by atoms with Gasteiger partial charge in [-0.1, -0.05) is 18.2 Å². The molecular weight excluding hydrogens is 386 g/mol. The van der Waals surface area contributed by atoms with E-state index in [1.54, 1.807) is 11.0 Å². The molecule has 0 unspecified atom stereocenters. The zero-order valence-corrected chi connectivity index (χ0v) is 17.7. The van der Waals surface area contributed by atoms with Crippen molar-refractivity contribution in [1.29, 1.82) is 0 Å². The van der Waals surface area contributed by atoms with Gasteiger partial charge in [0.25, 0.3) is 0 Å². The van der Waals surface area contributed by atoms with Gasteiger partial charge < -0.3 is 9.88 Å². The van der Waals surface area contributed by atoms with Crippen LogP contribution in [0, 0.1) is 18.6 Å². The maximum atomic E-state index is 12.9. The SMILES string of the molecule is CCn1cnn(CN2CCNC(=O)[C@@H]2c2c(C)nn(-c3ccccc3)c2C)c1=S. The van der Waals surface area contributed by atoms with Crippen molar-refractivity contribution in [3.05, 3.63) is 58.4 Å². The lowest BCUT2D eigenvalue weighted by Crippen LogP contribution is -2.50. The Labute approximate surface area is 174 Å². The summed E-state index contributed by atoms with van der Waals surface area (Å²) in [6, 6.07) is 9.53. The summed E-state index contributed by atoms with van der Waals surface area (Å²) in [7, 11) is 0. The highest BCUT2D eigenvalue weighted by Crippen LogP contribution is 2.30. The Hall–Kier alpha value is -2.78. The number of carbonyl (C=O) groups excluding carboxylic acids is 1. The number of nitrogens with zero attached hydrogens (tertiary/aromatic N) is 6. The molecule has 0 radical (unpaired) electrons. The average Bonchev–Trinajstić information content (AvgIpc) is 3.22. The largest absolute Gasteiger partial charge is 0.353 e. The molecule has 2 aromatic heterocycles. The van der Waals surface area contributed by atoms with Crippen molar-refractivity contribution in [3.63, 3.8) is 0 Å². The van der Waals surface area contributed by atoms with Crippen LogP contribution in [-0.2, 0) is 18.0 Å². The van der Waals surface area contributed by atoms with E-state index >= 15 is 0 Å². The molecule has 1 N–H and O–H groups in total. The first kappa shape index (κ1) is 19.5. The van der Waals surface area contributed by atoms with E-state index in [0.717, 1.165) is 29.2 Å². The molecule has 8 nitrogen and oxygen atoms in total. The predicted octanol–water partition coefficient (Wildman–Crippen LogP) is 2.37. The van der Waals surface area contributed by atoms with Gasteiger partial charge in [0.2, 0.25) is 5.91 Å². The van der Waals surface area contributed by atoms with Gasteiger partial charge in [0.15, 0.2) is 4.77 Å². The van der Waals surface area contributed by atoms with Gasteiger partial charge in [0, 0.05) is 30.9 Å². The topological polar surface area (TPSA) is 72.9 Å². The Morgan fingerprint density at radius 3 is 2.69 bits per heavy atom. The van der Waals surface area contributed by atoms with Crippen LogP contribution in [0.1, 0.15) is 29.9 Å². The quantitative estimate of drug-likeness (QED) is 0.653. The van der Waals surface area contributed by atoms with E-state index < -0.39 is 6.04 Å². The van der Waals surface area contributed by atoms with Crippen molar-refractivity contribution >= 4 is 18.1 Å². The minimum absolute atomic E-state index is 0.0171. The lowest BCUT2D eigenvalue weighted by atomic mass is 10.0. The van der Waals surface area contributed by atoms with Gasteiger partial charge in [-0.2, -0.15) is 10.2 Å². The molecule has 29 heavy (non-hydrogen) atoms. The Morgan fingerprint density at radius 2 is 2.00 bits per heavy atom. The summed E-state index contributed by atoms with van der Waals surface area (Å²) in [4.78, 5) is 15.1. The number of amides is 1. The standard InChI is InChI=1S/C20H25N7OS/c1-4-24-12-22-26(20(24)29)13-25-11-10-21-19(28)18(25)17-14(2)23-27(15(17)3)16-8-6-5-7-9-16/h5-9,12,18H,4,10-11,13H2,1-3H3,(H,21,28)/t18-/m0/s1. The highest BCUT2D eigenvalue weighted by atomic mass is 32.1. The van der Waals surface area contributed by atoms with E-state index in [1.165, 1.54) is 0 Å². The normalized spacial score (nSPS) is 17.5. The molecule has 0 bridgehead atoms. The Balaban J connectivity index is 1.73. The van der Waals surface area contributed by atoms with Crippen molar-refractivity contribution in [3.8, 4) is 5.69 Å². The maximum absolute atomic E-state index is 12.9. The molecule has 1 aliphatic heterocycles. The fraction of sp³-hybridized carbons (Fsp3) is 0.400. The van der Waals surface area contributed by atoms with Crippen molar-refractivity contribution in [1.82, 2.24) is 34.3 Å². The summed E-state index contributed by atoms with van der Waals surface area (Å²) in [5, 5.41) is 12.1. The third-order valence-corrected chi connectivity index (χ3v) is 5.83. The molecule has 1 amide bonds. The second kappa shape index (κ2) is 7.92. The van der Waals surface area contributed by atoms with Crippen molar-refractivity contribution < 1.29 is 4.79 Å². The summed E-state index contributed by atoms with van der Waals surface area (Å²) in [5.74, 6) is -0.0171. The molecule has 1 fully saturated rings. The van der Waals surface area contributed by atoms with E-state index in [4.69, 9.17) is 17.3 Å². The number of nitrogens with one attached hydrogen (secondary N) is 1. The smallest absolute Gasteiger partial charge is 0.242 e. The van der Waals surface area contributed by atoms with Gasteiger partial charge in [-0.05, 0) is 45.1 Å². The average molecular weight is 412 g/mol. The first-order chi connectivity index (χ1) is 14.0. The maximum Gasteiger partial charge on any atom is 0.242 e. The number of carbonyl (C=O) groups is 1. The van der Waals surface area contributed by atoms with E-state index in [2.05, 4.69) is 15.3 Å².